The van der Waals surface area contributed by atoms with Gasteiger partial charge in [-0.3, -0.25) is 9.59 Å². The molecule has 0 saturated carbocycles. The van der Waals surface area contributed by atoms with E-state index in [0.717, 1.165) is 0 Å². The highest BCUT2D eigenvalue weighted by atomic mass is 16.5. The van der Waals surface area contributed by atoms with Crippen molar-refractivity contribution in [3.63, 3.8) is 0 Å². The molecule has 1 aliphatic carbocycles. The SMILES string of the molecule is CC(C)c1noc2c1C(=O)C(=O)c1ccccc1-2. The molecule has 0 fully saturated rings. The number of nitrogens with zero attached hydrogens (tertiary/aromatic N) is 1. The number of ketones is 2. The topological polar surface area (TPSA) is 60.2 Å². The summed E-state index contributed by atoms with van der Waals surface area (Å²) in [5, 5.41) is 3.93. The average Bonchev–Trinajstić information content (AvgIpc) is 2.81. The molecule has 0 spiro atoms. The highest BCUT2D eigenvalue weighted by Gasteiger charge is 2.36. The molecule has 1 aliphatic rings. The van der Waals surface area contributed by atoms with Gasteiger partial charge in [-0.2, -0.15) is 0 Å². The van der Waals surface area contributed by atoms with Crippen molar-refractivity contribution < 1.29 is 14.1 Å². The third-order valence-electron chi connectivity index (χ3n) is 3.11. The van der Waals surface area contributed by atoms with Crippen LogP contribution in [-0.4, -0.2) is 16.7 Å². The van der Waals surface area contributed by atoms with Gasteiger partial charge in [0.05, 0.1) is 11.3 Å². The fraction of sp³-hybridized carbons (Fsp3) is 0.214. The molecule has 2 aromatic rings. The first-order valence-corrected chi connectivity index (χ1v) is 5.79. The fourth-order valence-corrected chi connectivity index (χ4v) is 2.21. The van der Waals surface area contributed by atoms with E-state index in [1.54, 1.807) is 18.2 Å². The van der Waals surface area contributed by atoms with Gasteiger partial charge >= 0.3 is 0 Å². The number of carbonyl (C=O) groups is 2. The van der Waals surface area contributed by atoms with Gasteiger partial charge in [0, 0.05) is 11.1 Å². The molecule has 0 aliphatic heterocycles. The molecule has 3 rings (SSSR count). The number of rotatable bonds is 1. The van der Waals surface area contributed by atoms with Gasteiger partial charge in [0.25, 0.3) is 0 Å². The van der Waals surface area contributed by atoms with Crippen molar-refractivity contribution in [2.24, 2.45) is 0 Å². The van der Waals surface area contributed by atoms with Crippen LogP contribution in [0.1, 0.15) is 46.2 Å². The minimum absolute atomic E-state index is 0.0412. The van der Waals surface area contributed by atoms with Crippen LogP contribution in [0.2, 0.25) is 0 Å². The van der Waals surface area contributed by atoms with Crippen molar-refractivity contribution >= 4 is 11.6 Å². The summed E-state index contributed by atoms with van der Waals surface area (Å²) < 4.78 is 5.27. The van der Waals surface area contributed by atoms with E-state index in [1.165, 1.54) is 0 Å². The van der Waals surface area contributed by atoms with Crippen LogP contribution in [0, 0.1) is 0 Å². The van der Waals surface area contributed by atoms with Crippen LogP contribution >= 0.6 is 0 Å². The van der Waals surface area contributed by atoms with E-state index in [9.17, 15) is 9.59 Å². The van der Waals surface area contributed by atoms with E-state index < -0.39 is 11.6 Å². The molecule has 90 valence electrons. The lowest BCUT2D eigenvalue weighted by Gasteiger charge is -2.13. The Morgan fingerprint density at radius 1 is 1.06 bits per heavy atom. The van der Waals surface area contributed by atoms with E-state index >= 15 is 0 Å². The quantitative estimate of drug-likeness (QED) is 0.720. The Kier molecular flexibility index (Phi) is 2.20. The van der Waals surface area contributed by atoms with E-state index in [-0.39, 0.29) is 5.92 Å². The first-order valence-electron chi connectivity index (χ1n) is 5.79. The fourth-order valence-electron chi connectivity index (χ4n) is 2.21. The molecule has 0 unspecified atom stereocenters. The van der Waals surface area contributed by atoms with E-state index in [1.807, 2.05) is 19.9 Å². The molecule has 18 heavy (non-hydrogen) atoms. The maximum Gasteiger partial charge on any atom is 0.239 e. The lowest BCUT2D eigenvalue weighted by atomic mass is 9.86. The lowest BCUT2D eigenvalue weighted by Crippen LogP contribution is -2.21. The van der Waals surface area contributed by atoms with Crippen molar-refractivity contribution in [1.29, 1.82) is 0 Å². The van der Waals surface area contributed by atoms with Crippen molar-refractivity contribution in [2.45, 2.75) is 19.8 Å². The second kappa shape index (κ2) is 3.63. The molecule has 0 atom stereocenters. The Hall–Kier alpha value is -2.23. The van der Waals surface area contributed by atoms with E-state index in [4.69, 9.17) is 4.52 Å². The number of hydrogen-bond donors (Lipinski definition) is 0. The van der Waals surface area contributed by atoms with Gasteiger partial charge in [-0.25, -0.2) is 0 Å². The Morgan fingerprint density at radius 2 is 1.72 bits per heavy atom. The minimum atomic E-state index is -0.520. The summed E-state index contributed by atoms with van der Waals surface area (Å²) in [6.45, 7) is 3.83. The molecular formula is C14H11NO3. The maximum absolute atomic E-state index is 12.1. The summed E-state index contributed by atoms with van der Waals surface area (Å²) in [6.07, 6.45) is 0. The number of aromatic nitrogens is 1. The Balaban J connectivity index is 2.35. The third kappa shape index (κ3) is 1.29. The summed E-state index contributed by atoms with van der Waals surface area (Å²) in [4.78, 5) is 24.1. The molecule has 0 N–H and O–H groups in total. The predicted octanol–water partition coefficient (Wildman–Crippen LogP) is 2.84. The zero-order valence-corrected chi connectivity index (χ0v) is 10.1. The molecule has 0 radical (unpaired) electrons. The van der Waals surface area contributed by atoms with Crippen LogP contribution in [0.25, 0.3) is 11.3 Å². The summed E-state index contributed by atoms with van der Waals surface area (Å²) in [7, 11) is 0. The second-order valence-corrected chi connectivity index (χ2v) is 4.63. The van der Waals surface area contributed by atoms with Gasteiger partial charge in [0.2, 0.25) is 11.6 Å². The summed E-state index contributed by atoms with van der Waals surface area (Å²) in [5.41, 5.74) is 1.92. The number of hydrogen-bond acceptors (Lipinski definition) is 4. The molecule has 0 amide bonds. The molecule has 1 aromatic carbocycles. The second-order valence-electron chi connectivity index (χ2n) is 4.63. The zero-order chi connectivity index (χ0) is 12.9. The van der Waals surface area contributed by atoms with Crippen molar-refractivity contribution in [2.75, 3.05) is 0 Å². The monoisotopic (exact) mass is 241 g/mol. The number of benzene rings is 1. The van der Waals surface area contributed by atoms with Gasteiger partial charge in [0.15, 0.2) is 5.76 Å². The molecular weight excluding hydrogens is 230 g/mol. The normalized spacial score (nSPS) is 13.7. The molecule has 4 nitrogen and oxygen atoms in total. The van der Waals surface area contributed by atoms with Gasteiger partial charge < -0.3 is 4.52 Å². The Labute approximate surface area is 104 Å². The smallest absolute Gasteiger partial charge is 0.239 e. The summed E-state index contributed by atoms with van der Waals surface area (Å²) in [5.74, 6) is -0.546. The van der Waals surface area contributed by atoms with Crippen LogP contribution in [0.15, 0.2) is 28.8 Å². The standard InChI is InChI=1S/C14H11NO3/c1-7(2)11-10-13(17)12(16)8-5-3-4-6-9(8)14(10)18-15-11/h3-7H,1-2H3. The molecule has 1 aromatic heterocycles. The molecule has 0 bridgehead atoms. The van der Waals surface area contributed by atoms with Gasteiger partial charge in [-0.15, -0.1) is 0 Å². The van der Waals surface area contributed by atoms with Gasteiger partial charge in [0.1, 0.15) is 0 Å². The average molecular weight is 241 g/mol. The predicted molar refractivity (Wildman–Crippen MR) is 64.7 cm³/mol. The third-order valence-corrected chi connectivity index (χ3v) is 3.11. The van der Waals surface area contributed by atoms with E-state index in [0.29, 0.717) is 28.1 Å². The number of fused-ring (bicyclic) bond motifs is 3. The van der Waals surface area contributed by atoms with Crippen molar-refractivity contribution in [1.82, 2.24) is 5.16 Å². The molecule has 1 heterocycles. The number of carbonyl (C=O) groups excluding carboxylic acids is 2. The minimum Gasteiger partial charge on any atom is -0.355 e. The first kappa shape index (κ1) is 10.9. The largest absolute Gasteiger partial charge is 0.355 e. The summed E-state index contributed by atoms with van der Waals surface area (Å²) >= 11 is 0. The van der Waals surface area contributed by atoms with Crippen LogP contribution in [-0.2, 0) is 0 Å². The zero-order valence-electron chi connectivity index (χ0n) is 10.1. The molecule has 0 saturated heterocycles. The van der Waals surface area contributed by atoms with Gasteiger partial charge in [-0.1, -0.05) is 43.3 Å². The van der Waals surface area contributed by atoms with Crippen LogP contribution < -0.4 is 0 Å². The number of Topliss-reactive ketones (excluding diaryl/α,β-unsaturated/α-hetero) is 2. The van der Waals surface area contributed by atoms with E-state index in [2.05, 4.69) is 5.16 Å². The van der Waals surface area contributed by atoms with Crippen LogP contribution in [0.3, 0.4) is 0 Å². The van der Waals surface area contributed by atoms with Crippen molar-refractivity contribution in [3.05, 3.63) is 41.1 Å². The Bertz CT molecular complexity index is 667. The van der Waals surface area contributed by atoms with Crippen molar-refractivity contribution in [3.8, 4) is 11.3 Å². The molecule has 4 heteroatoms. The van der Waals surface area contributed by atoms with Gasteiger partial charge in [-0.05, 0) is 5.92 Å². The highest BCUT2D eigenvalue weighted by molar-refractivity contribution is 6.52. The summed E-state index contributed by atoms with van der Waals surface area (Å²) in [6, 6.07) is 6.95. The first-order chi connectivity index (χ1) is 8.61. The van der Waals surface area contributed by atoms with Crippen LogP contribution in [0.4, 0.5) is 0 Å². The Morgan fingerprint density at radius 3 is 2.39 bits per heavy atom. The van der Waals surface area contributed by atoms with Crippen LogP contribution in [0.5, 0.6) is 0 Å². The highest BCUT2D eigenvalue weighted by Crippen LogP contribution is 2.36. The maximum atomic E-state index is 12.1. The lowest BCUT2D eigenvalue weighted by molar-refractivity contribution is 0.0814.